The Hall–Kier alpha value is -1.05. The highest BCUT2D eigenvalue weighted by Gasteiger charge is 2.18. The lowest BCUT2D eigenvalue weighted by Gasteiger charge is -2.12. The molecule has 17 heavy (non-hydrogen) atoms. The van der Waals surface area contributed by atoms with Crippen LogP contribution in [0.3, 0.4) is 0 Å². The van der Waals surface area contributed by atoms with Gasteiger partial charge in [-0.1, -0.05) is 15.9 Å². The third kappa shape index (κ3) is 3.72. The Bertz CT molecular complexity index is 406. The van der Waals surface area contributed by atoms with Crippen molar-refractivity contribution >= 4 is 27.5 Å². The summed E-state index contributed by atoms with van der Waals surface area (Å²) in [5, 5.41) is 2.08. The summed E-state index contributed by atoms with van der Waals surface area (Å²) in [6.45, 7) is -0.0361. The third-order valence-corrected chi connectivity index (χ3v) is 2.40. The van der Waals surface area contributed by atoms with Crippen LogP contribution in [0.25, 0.3) is 0 Å². The van der Waals surface area contributed by atoms with Crippen LogP contribution in [-0.4, -0.2) is 25.7 Å². The second-order valence-electron chi connectivity index (χ2n) is 3.30. The van der Waals surface area contributed by atoms with Crippen LogP contribution in [0.5, 0.6) is 0 Å². The average Bonchev–Trinajstić information content (AvgIpc) is 2.23. The number of carbonyl (C=O) groups is 1. The van der Waals surface area contributed by atoms with Gasteiger partial charge in [0.2, 0.25) is 5.91 Å². The second kappa shape index (κ2) is 6.04. The zero-order valence-electron chi connectivity index (χ0n) is 8.97. The molecule has 94 valence electrons. The van der Waals surface area contributed by atoms with Gasteiger partial charge in [-0.15, -0.1) is 0 Å². The first-order valence-corrected chi connectivity index (χ1v) is 5.45. The predicted octanol–water partition coefficient (Wildman–Crippen LogP) is 1.64. The number of nitrogens with one attached hydrogen (secondary N) is 1. The lowest BCUT2D eigenvalue weighted by atomic mass is 10.2. The number of carbonyl (C=O) groups excluding carboxylic acids is 1. The number of nitrogens with two attached hydrogens (primary N) is 1. The molecule has 1 aromatic rings. The van der Waals surface area contributed by atoms with Crippen molar-refractivity contribution in [2.45, 2.75) is 6.04 Å². The number of hydrogen-bond donors (Lipinski definition) is 2. The first-order valence-electron chi connectivity index (χ1n) is 4.65. The van der Waals surface area contributed by atoms with Crippen molar-refractivity contribution in [2.24, 2.45) is 5.73 Å². The second-order valence-corrected chi connectivity index (χ2v) is 4.21. The summed E-state index contributed by atoms with van der Waals surface area (Å²) in [7, 11) is 1.37. The molecule has 4 nitrogen and oxygen atoms in total. The van der Waals surface area contributed by atoms with E-state index in [1.54, 1.807) is 0 Å². The molecule has 0 bridgehead atoms. The van der Waals surface area contributed by atoms with E-state index in [-0.39, 0.29) is 11.1 Å². The van der Waals surface area contributed by atoms with Crippen LogP contribution in [0.15, 0.2) is 16.6 Å². The standard InChI is InChI=1S/C10H11BrF2N2O2/c1-17-4-8(14)10(16)15-9-6(12)2-5(11)3-7(9)13/h2-3,8H,4,14H2,1H3,(H,15,16). The van der Waals surface area contributed by atoms with Crippen LogP contribution in [-0.2, 0) is 9.53 Å². The van der Waals surface area contributed by atoms with Gasteiger partial charge < -0.3 is 15.8 Å². The van der Waals surface area contributed by atoms with E-state index in [4.69, 9.17) is 5.73 Å². The maximum Gasteiger partial charge on any atom is 0.243 e. The average molecular weight is 309 g/mol. The van der Waals surface area contributed by atoms with E-state index in [2.05, 4.69) is 26.0 Å². The molecular weight excluding hydrogens is 298 g/mol. The van der Waals surface area contributed by atoms with E-state index >= 15 is 0 Å². The molecule has 0 aromatic heterocycles. The van der Waals surface area contributed by atoms with Crippen LogP contribution in [0.2, 0.25) is 0 Å². The SMILES string of the molecule is COCC(N)C(=O)Nc1c(F)cc(Br)cc1F. The smallest absolute Gasteiger partial charge is 0.243 e. The van der Waals surface area contributed by atoms with Gasteiger partial charge in [0.15, 0.2) is 11.6 Å². The Kier molecular flexibility index (Phi) is 4.98. The highest BCUT2D eigenvalue weighted by Crippen LogP contribution is 2.23. The van der Waals surface area contributed by atoms with Crippen LogP contribution < -0.4 is 11.1 Å². The van der Waals surface area contributed by atoms with Crippen LogP contribution in [0.4, 0.5) is 14.5 Å². The molecule has 0 heterocycles. The molecule has 1 aromatic carbocycles. The number of benzene rings is 1. The number of methoxy groups -OCH3 is 1. The molecule has 0 radical (unpaired) electrons. The maximum absolute atomic E-state index is 13.4. The molecule has 1 unspecified atom stereocenters. The highest BCUT2D eigenvalue weighted by atomic mass is 79.9. The zero-order valence-corrected chi connectivity index (χ0v) is 10.6. The predicted molar refractivity (Wildman–Crippen MR) is 62.5 cm³/mol. The fourth-order valence-corrected chi connectivity index (χ4v) is 1.53. The molecule has 0 spiro atoms. The normalized spacial score (nSPS) is 12.3. The number of hydrogen-bond acceptors (Lipinski definition) is 3. The van der Waals surface area contributed by atoms with E-state index in [0.717, 1.165) is 12.1 Å². The minimum absolute atomic E-state index is 0.0361. The summed E-state index contributed by atoms with van der Waals surface area (Å²) in [6, 6.07) is 1.10. The molecule has 1 rings (SSSR count). The number of halogens is 3. The van der Waals surface area contributed by atoms with Gasteiger partial charge in [0.25, 0.3) is 0 Å². The molecular formula is C10H11BrF2N2O2. The lowest BCUT2D eigenvalue weighted by Crippen LogP contribution is -2.39. The van der Waals surface area contributed by atoms with Crippen molar-refractivity contribution in [3.8, 4) is 0 Å². The van der Waals surface area contributed by atoms with E-state index in [1.165, 1.54) is 7.11 Å². The Morgan fingerprint density at radius 3 is 2.53 bits per heavy atom. The third-order valence-electron chi connectivity index (χ3n) is 1.94. The monoisotopic (exact) mass is 308 g/mol. The number of rotatable bonds is 4. The fraction of sp³-hybridized carbons (Fsp3) is 0.300. The summed E-state index contributed by atoms with van der Waals surface area (Å²) >= 11 is 2.93. The number of ether oxygens (including phenoxy) is 1. The van der Waals surface area contributed by atoms with Crippen LogP contribution >= 0.6 is 15.9 Å². The van der Waals surface area contributed by atoms with Gasteiger partial charge in [-0.2, -0.15) is 0 Å². The van der Waals surface area contributed by atoms with Gasteiger partial charge in [-0.25, -0.2) is 8.78 Å². The molecule has 3 N–H and O–H groups in total. The van der Waals surface area contributed by atoms with E-state index in [0.29, 0.717) is 0 Å². The number of amides is 1. The summed E-state index contributed by atoms with van der Waals surface area (Å²) in [5.74, 6) is -2.48. The zero-order chi connectivity index (χ0) is 13.0. The van der Waals surface area contributed by atoms with Gasteiger partial charge in [0.05, 0.1) is 6.61 Å². The number of anilines is 1. The summed E-state index contributed by atoms with van der Waals surface area (Å²) in [6.07, 6.45) is 0. The molecule has 7 heteroatoms. The van der Waals surface area contributed by atoms with E-state index in [9.17, 15) is 13.6 Å². The van der Waals surface area contributed by atoms with Gasteiger partial charge in [0.1, 0.15) is 11.7 Å². The molecule has 1 atom stereocenters. The Balaban J connectivity index is 2.85. The molecule has 0 aliphatic rings. The summed E-state index contributed by atoms with van der Waals surface area (Å²) in [5.41, 5.74) is 4.89. The first kappa shape index (κ1) is 14.0. The van der Waals surface area contributed by atoms with Crippen molar-refractivity contribution in [3.63, 3.8) is 0 Å². The first-order chi connectivity index (χ1) is 7.95. The Morgan fingerprint density at radius 2 is 2.06 bits per heavy atom. The van der Waals surface area contributed by atoms with Gasteiger partial charge >= 0.3 is 0 Å². The maximum atomic E-state index is 13.4. The Labute approximate surface area is 105 Å². The molecule has 0 fully saturated rings. The van der Waals surface area contributed by atoms with Crippen LogP contribution in [0.1, 0.15) is 0 Å². The van der Waals surface area contributed by atoms with Crippen LogP contribution in [0, 0.1) is 11.6 Å². The molecule has 0 aliphatic carbocycles. The minimum Gasteiger partial charge on any atom is -0.383 e. The van der Waals surface area contributed by atoms with Crippen molar-refractivity contribution in [1.29, 1.82) is 0 Å². The molecule has 0 saturated heterocycles. The van der Waals surface area contributed by atoms with Gasteiger partial charge in [0, 0.05) is 11.6 Å². The molecule has 0 aliphatic heterocycles. The fourth-order valence-electron chi connectivity index (χ4n) is 1.13. The highest BCUT2D eigenvalue weighted by molar-refractivity contribution is 9.10. The summed E-state index contributed by atoms with van der Waals surface area (Å²) < 4.78 is 31.6. The quantitative estimate of drug-likeness (QED) is 0.889. The minimum atomic E-state index is -0.984. The summed E-state index contributed by atoms with van der Waals surface area (Å²) in [4.78, 5) is 11.4. The van der Waals surface area contributed by atoms with Gasteiger partial charge in [-0.05, 0) is 12.1 Å². The van der Waals surface area contributed by atoms with E-state index < -0.39 is 29.3 Å². The molecule has 1 amide bonds. The van der Waals surface area contributed by atoms with Gasteiger partial charge in [-0.3, -0.25) is 4.79 Å². The van der Waals surface area contributed by atoms with Crippen molar-refractivity contribution < 1.29 is 18.3 Å². The topological polar surface area (TPSA) is 64.3 Å². The van der Waals surface area contributed by atoms with Crippen molar-refractivity contribution in [3.05, 3.63) is 28.2 Å². The largest absolute Gasteiger partial charge is 0.383 e. The molecule has 0 saturated carbocycles. The Morgan fingerprint density at radius 1 is 1.53 bits per heavy atom. The van der Waals surface area contributed by atoms with Crippen molar-refractivity contribution in [2.75, 3.05) is 19.0 Å². The van der Waals surface area contributed by atoms with E-state index in [1.807, 2.05) is 0 Å². The lowest BCUT2D eigenvalue weighted by molar-refractivity contribution is -0.118. The van der Waals surface area contributed by atoms with Crippen molar-refractivity contribution in [1.82, 2.24) is 0 Å².